The van der Waals surface area contributed by atoms with E-state index in [0.29, 0.717) is 22.5 Å². The fraction of sp³-hybridized carbons (Fsp3) is 0.211. The van der Waals surface area contributed by atoms with Crippen molar-refractivity contribution >= 4 is 40.6 Å². The summed E-state index contributed by atoms with van der Waals surface area (Å²) in [6.07, 6.45) is 0. The zero-order chi connectivity index (χ0) is 22.5. The van der Waals surface area contributed by atoms with Crippen molar-refractivity contribution in [1.29, 1.82) is 0 Å². The highest BCUT2D eigenvalue weighted by Crippen LogP contribution is 2.32. The summed E-state index contributed by atoms with van der Waals surface area (Å²) in [4.78, 5) is 22.7. The minimum Gasteiger partial charge on any atom is -0.493 e. The second kappa shape index (κ2) is 9.67. The van der Waals surface area contributed by atoms with E-state index in [4.69, 9.17) is 21.1 Å². The molecule has 12 heteroatoms. The monoisotopic (exact) mass is 463 g/mol. The van der Waals surface area contributed by atoms with E-state index in [9.17, 15) is 14.9 Å². The molecule has 1 aromatic heterocycles. The van der Waals surface area contributed by atoms with Crippen LogP contribution in [0.2, 0.25) is 5.02 Å². The first-order valence-electron chi connectivity index (χ1n) is 8.82. The van der Waals surface area contributed by atoms with E-state index in [1.165, 1.54) is 30.0 Å². The molecule has 0 aliphatic heterocycles. The lowest BCUT2D eigenvalue weighted by Crippen LogP contribution is -2.15. The van der Waals surface area contributed by atoms with Crippen LogP contribution in [0, 0.1) is 10.1 Å². The summed E-state index contributed by atoms with van der Waals surface area (Å²) in [6, 6.07) is 9.22. The first-order valence-corrected chi connectivity index (χ1v) is 10.2. The van der Waals surface area contributed by atoms with Crippen LogP contribution in [0.4, 0.5) is 11.4 Å². The van der Waals surface area contributed by atoms with Gasteiger partial charge in [-0.15, -0.1) is 10.2 Å². The highest BCUT2D eigenvalue weighted by molar-refractivity contribution is 7.99. The van der Waals surface area contributed by atoms with Crippen LogP contribution in [-0.4, -0.2) is 45.6 Å². The Balaban J connectivity index is 1.70. The van der Waals surface area contributed by atoms with Crippen molar-refractivity contribution in [2.75, 3.05) is 25.3 Å². The summed E-state index contributed by atoms with van der Waals surface area (Å²) >= 11 is 7.18. The normalized spacial score (nSPS) is 10.6. The average molecular weight is 464 g/mol. The number of carbonyl (C=O) groups is 1. The summed E-state index contributed by atoms with van der Waals surface area (Å²) in [5.74, 6) is 1.37. The standard InChI is InChI=1S/C19H18ClN5O5S/c1-24-18(11-4-7-15(29-2)16(8-11)30-3)22-23-19(24)31-10-17(26)21-14-9-12(25(27)28)5-6-13(14)20/h4-9H,10H2,1-3H3,(H,21,26). The molecule has 0 saturated carbocycles. The van der Waals surface area contributed by atoms with E-state index in [0.717, 1.165) is 5.56 Å². The summed E-state index contributed by atoms with van der Waals surface area (Å²) in [7, 11) is 4.88. The lowest BCUT2D eigenvalue weighted by atomic mass is 10.2. The van der Waals surface area contributed by atoms with E-state index < -0.39 is 4.92 Å². The van der Waals surface area contributed by atoms with Gasteiger partial charge in [-0.25, -0.2) is 0 Å². The second-order valence-corrected chi connectivity index (χ2v) is 7.54. The Bertz CT molecular complexity index is 1140. The number of thioether (sulfide) groups is 1. The summed E-state index contributed by atoms with van der Waals surface area (Å²) in [5.41, 5.74) is 0.776. The van der Waals surface area contributed by atoms with Crippen LogP contribution in [0.5, 0.6) is 11.5 Å². The molecule has 3 rings (SSSR count). The zero-order valence-electron chi connectivity index (χ0n) is 16.8. The van der Waals surface area contributed by atoms with Crippen molar-refractivity contribution < 1.29 is 19.2 Å². The largest absolute Gasteiger partial charge is 0.493 e. The van der Waals surface area contributed by atoms with Gasteiger partial charge >= 0.3 is 0 Å². The van der Waals surface area contributed by atoms with Crippen molar-refractivity contribution in [2.24, 2.45) is 7.05 Å². The summed E-state index contributed by atoms with van der Waals surface area (Å²) in [6.45, 7) is 0. The molecule has 0 radical (unpaired) electrons. The Morgan fingerprint density at radius 2 is 1.94 bits per heavy atom. The summed E-state index contributed by atoms with van der Waals surface area (Å²) < 4.78 is 12.3. The van der Waals surface area contributed by atoms with Crippen molar-refractivity contribution in [3.8, 4) is 22.9 Å². The first kappa shape index (κ1) is 22.4. The number of rotatable bonds is 8. The van der Waals surface area contributed by atoms with Gasteiger partial charge in [-0.3, -0.25) is 14.9 Å². The Kier molecular flexibility index (Phi) is 6.98. The Labute approximate surface area is 186 Å². The van der Waals surface area contributed by atoms with Gasteiger partial charge in [-0.05, 0) is 24.3 Å². The molecule has 162 valence electrons. The molecule has 0 aliphatic rings. The minimum absolute atomic E-state index is 0.0108. The second-order valence-electron chi connectivity index (χ2n) is 6.19. The third-order valence-corrected chi connectivity index (χ3v) is 5.59. The molecule has 0 unspecified atom stereocenters. The molecular formula is C19H18ClN5O5S. The number of ether oxygens (including phenoxy) is 2. The molecule has 0 bridgehead atoms. The van der Waals surface area contributed by atoms with Crippen molar-refractivity contribution in [2.45, 2.75) is 5.16 Å². The smallest absolute Gasteiger partial charge is 0.271 e. The molecule has 1 heterocycles. The Morgan fingerprint density at radius 3 is 2.61 bits per heavy atom. The molecule has 0 saturated heterocycles. The SMILES string of the molecule is COc1ccc(-c2nnc(SCC(=O)Nc3cc([N+](=O)[O-])ccc3Cl)n2C)cc1OC. The predicted molar refractivity (Wildman–Crippen MR) is 117 cm³/mol. The molecule has 0 aliphatic carbocycles. The third-order valence-electron chi connectivity index (χ3n) is 4.24. The van der Waals surface area contributed by atoms with Gasteiger partial charge in [0.2, 0.25) is 5.91 Å². The Hall–Kier alpha value is -3.31. The molecular weight excluding hydrogens is 446 g/mol. The van der Waals surface area contributed by atoms with Crippen LogP contribution < -0.4 is 14.8 Å². The minimum atomic E-state index is -0.560. The fourth-order valence-corrected chi connectivity index (χ4v) is 3.58. The first-order chi connectivity index (χ1) is 14.8. The lowest BCUT2D eigenvalue weighted by molar-refractivity contribution is -0.384. The van der Waals surface area contributed by atoms with Crippen molar-refractivity contribution in [3.05, 3.63) is 51.5 Å². The van der Waals surface area contributed by atoms with Gasteiger partial charge in [-0.1, -0.05) is 23.4 Å². The number of carbonyl (C=O) groups excluding carboxylic acids is 1. The molecule has 0 fully saturated rings. The number of nitro benzene ring substituents is 1. The highest BCUT2D eigenvalue weighted by atomic mass is 35.5. The highest BCUT2D eigenvalue weighted by Gasteiger charge is 2.16. The van der Waals surface area contributed by atoms with E-state index in [1.807, 2.05) is 6.07 Å². The molecule has 1 amide bonds. The van der Waals surface area contributed by atoms with Crippen LogP contribution in [0.1, 0.15) is 0 Å². The molecule has 2 aromatic carbocycles. The third kappa shape index (κ3) is 5.06. The van der Waals surface area contributed by atoms with E-state index in [-0.39, 0.29) is 28.1 Å². The molecule has 31 heavy (non-hydrogen) atoms. The molecule has 1 N–H and O–H groups in total. The number of hydrogen-bond acceptors (Lipinski definition) is 8. The zero-order valence-corrected chi connectivity index (χ0v) is 18.4. The average Bonchev–Trinajstić information content (AvgIpc) is 3.13. The molecule has 0 atom stereocenters. The number of hydrogen-bond donors (Lipinski definition) is 1. The maximum absolute atomic E-state index is 12.3. The van der Waals surface area contributed by atoms with Gasteiger partial charge < -0.3 is 19.4 Å². The van der Waals surface area contributed by atoms with Crippen molar-refractivity contribution in [1.82, 2.24) is 14.8 Å². The van der Waals surface area contributed by atoms with E-state index in [2.05, 4.69) is 15.5 Å². The quantitative estimate of drug-likeness (QED) is 0.304. The van der Waals surface area contributed by atoms with Gasteiger partial charge in [0, 0.05) is 24.7 Å². The van der Waals surface area contributed by atoms with Crippen molar-refractivity contribution in [3.63, 3.8) is 0 Å². The maximum atomic E-state index is 12.3. The number of aromatic nitrogens is 3. The van der Waals surface area contributed by atoms with Gasteiger partial charge in [0.1, 0.15) is 0 Å². The van der Waals surface area contributed by atoms with Gasteiger partial charge in [0.15, 0.2) is 22.5 Å². The number of anilines is 1. The fourth-order valence-electron chi connectivity index (χ4n) is 2.71. The molecule has 0 spiro atoms. The lowest BCUT2D eigenvalue weighted by Gasteiger charge is -2.09. The van der Waals surface area contributed by atoms with E-state index in [1.54, 1.807) is 38.0 Å². The number of halogens is 1. The van der Waals surface area contributed by atoms with Crippen LogP contribution in [0.25, 0.3) is 11.4 Å². The summed E-state index contributed by atoms with van der Waals surface area (Å²) in [5, 5.41) is 22.5. The predicted octanol–water partition coefficient (Wildman–Crippen LogP) is 3.79. The number of amides is 1. The maximum Gasteiger partial charge on any atom is 0.271 e. The number of non-ortho nitro benzene ring substituents is 1. The van der Waals surface area contributed by atoms with Crippen LogP contribution in [0.15, 0.2) is 41.6 Å². The van der Waals surface area contributed by atoms with Crippen LogP contribution in [-0.2, 0) is 11.8 Å². The van der Waals surface area contributed by atoms with Gasteiger partial charge in [0.05, 0.1) is 35.6 Å². The number of nitrogens with zero attached hydrogens (tertiary/aromatic N) is 4. The van der Waals surface area contributed by atoms with E-state index >= 15 is 0 Å². The number of nitrogens with one attached hydrogen (secondary N) is 1. The van der Waals surface area contributed by atoms with Gasteiger partial charge in [0.25, 0.3) is 5.69 Å². The molecule has 3 aromatic rings. The van der Waals surface area contributed by atoms with Crippen LogP contribution >= 0.6 is 23.4 Å². The van der Waals surface area contributed by atoms with Crippen LogP contribution in [0.3, 0.4) is 0 Å². The topological polar surface area (TPSA) is 121 Å². The number of methoxy groups -OCH3 is 2. The number of benzene rings is 2. The Morgan fingerprint density at radius 1 is 1.19 bits per heavy atom. The molecule has 10 nitrogen and oxygen atoms in total. The van der Waals surface area contributed by atoms with Gasteiger partial charge in [-0.2, -0.15) is 0 Å². The number of nitro groups is 1.